The van der Waals surface area contributed by atoms with Gasteiger partial charge in [-0.15, -0.1) is 0 Å². The molecule has 4 aromatic carbocycles. The third-order valence-electron chi connectivity index (χ3n) is 7.60. The van der Waals surface area contributed by atoms with Gasteiger partial charge in [0, 0.05) is 28.4 Å². The molecule has 6 aromatic rings. The quantitative estimate of drug-likeness (QED) is 0.249. The van der Waals surface area contributed by atoms with Gasteiger partial charge < -0.3 is 13.9 Å². The van der Waals surface area contributed by atoms with Crippen LogP contribution in [0.1, 0.15) is 5.56 Å². The highest BCUT2D eigenvalue weighted by Gasteiger charge is 2.41. The van der Waals surface area contributed by atoms with Crippen LogP contribution in [0, 0.1) is 6.92 Å². The van der Waals surface area contributed by atoms with Crippen LogP contribution in [0.3, 0.4) is 0 Å². The first-order valence-corrected chi connectivity index (χ1v) is 12.2. The topological polar surface area (TPSA) is 35.5 Å². The molecule has 0 fully saturated rings. The lowest BCUT2D eigenvalue weighted by atomic mass is 9.35. The second-order valence-corrected chi connectivity index (χ2v) is 9.64. The Hall–Kier alpha value is -4.51. The van der Waals surface area contributed by atoms with Gasteiger partial charge in [-0.3, -0.25) is 0 Å². The third-order valence-corrected chi connectivity index (χ3v) is 7.60. The SMILES string of the molecule is Cc1ccc2c(oc3c4c(ccc32)B2c3ccccc3Oc3cccc(c32)O4)c1-c1cccc[n+]1C. The molecule has 2 aromatic heterocycles. The van der Waals surface area contributed by atoms with Crippen LogP contribution in [0.2, 0.25) is 0 Å². The lowest BCUT2D eigenvalue weighted by molar-refractivity contribution is -0.660. The second kappa shape index (κ2) is 7.02. The number of hydrogen-bond acceptors (Lipinski definition) is 3. The molecule has 170 valence electrons. The van der Waals surface area contributed by atoms with E-state index in [0.717, 1.165) is 72.6 Å². The number of benzene rings is 4. The standard InChI is InChI=1S/C31H21BNO3/c1-18-13-14-19-20-15-16-22-31(30(20)36-29(19)27(18)23-9-5-6-17-33(23)2)35-26-12-7-11-25-28(26)32(22)21-8-3-4-10-24(21)34-25/h3-17H,1-2H3/q+1. The van der Waals surface area contributed by atoms with Crippen molar-refractivity contribution in [1.29, 1.82) is 0 Å². The molecule has 0 amide bonds. The van der Waals surface area contributed by atoms with Gasteiger partial charge in [-0.2, -0.15) is 0 Å². The predicted octanol–water partition coefficient (Wildman–Crippen LogP) is 5.11. The third kappa shape index (κ3) is 2.52. The van der Waals surface area contributed by atoms with E-state index in [0.29, 0.717) is 0 Å². The maximum atomic E-state index is 6.75. The maximum absolute atomic E-state index is 6.75. The first-order chi connectivity index (χ1) is 17.7. The van der Waals surface area contributed by atoms with Crippen LogP contribution in [0.4, 0.5) is 0 Å². The summed E-state index contributed by atoms with van der Waals surface area (Å²) in [7, 11) is 2.07. The van der Waals surface area contributed by atoms with E-state index in [4.69, 9.17) is 13.9 Å². The summed E-state index contributed by atoms with van der Waals surface area (Å²) < 4.78 is 21.7. The molecule has 8 rings (SSSR count). The van der Waals surface area contributed by atoms with Crippen molar-refractivity contribution in [2.24, 2.45) is 7.05 Å². The zero-order valence-electron chi connectivity index (χ0n) is 19.9. The Morgan fingerprint density at radius 2 is 1.42 bits per heavy atom. The summed E-state index contributed by atoms with van der Waals surface area (Å²) in [6, 6.07) is 29.3. The summed E-state index contributed by atoms with van der Waals surface area (Å²) >= 11 is 0. The molecule has 5 heteroatoms. The first-order valence-electron chi connectivity index (χ1n) is 12.2. The molecule has 2 aliphatic heterocycles. The van der Waals surface area contributed by atoms with Crippen molar-refractivity contribution in [2.45, 2.75) is 6.92 Å². The summed E-state index contributed by atoms with van der Waals surface area (Å²) in [4.78, 5) is 0. The Balaban J connectivity index is 1.45. The lowest BCUT2D eigenvalue weighted by Gasteiger charge is -2.32. The minimum Gasteiger partial charge on any atom is -0.458 e. The van der Waals surface area contributed by atoms with Gasteiger partial charge in [0.2, 0.25) is 5.69 Å². The van der Waals surface area contributed by atoms with Crippen molar-refractivity contribution in [3.63, 3.8) is 0 Å². The van der Waals surface area contributed by atoms with Gasteiger partial charge in [0.1, 0.15) is 29.9 Å². The molecule has 0 spiro atoms. The number of nitrogens with zero attached hydrogens (tertiary/aromatic N) is 1. The van der Waals surface area contributed by atoms with Crippen LogP contribution in [-0.2, 0) is 7.05 Å². The minimum absolute atomic E-state index is 0.0237. The van der Waals surface area contributed by atoms with Crippen molar-refractivity contribution in [3.05, 3.63) is 96.7 Å². The zero-order valence-corrected chi connectivity index (χ0v) is 19.9. The van der Waals surface area contributed by atoms with Crippen LogP contribution in [0.25, 0.3) is 33.2 Å². The van der Waals surface area contributed by atoms with Gasteiger partial charge in [-0.1, -0.05) is 48.5 Å². The molecule has 36 heavy (non-hydrogen) atoms. The molecular formula is C31H21BNO3+. The summed E-state index contributed by atoms with van der Waals surface area (Å²) in [5, 5.41) is 2.15. The molecule has 0 aliphatic carbocycles. The van der Waals surface area contributed by atoms with E-state index in [1.165, 1.54) is 5.56 Å². The van der Waals surface area contributed by atoms with Gasteiger partial charge in [0.25, 0.3) is 6.71 Å². The van der Waals surface area contributed by atoms with E-state index in [1.807, 2.05) is 36.4 Å². The summed E-state index contributed by atoms with van der Waals surface area (Å²) in [6.45, 7) is 2.16. The molecule has 0 saturated heterocycles. The van der Waals surface area contributed by atoms with Gasteiger partial charge in [-0.05, 0) is 47.7 Å². The molecular weight excluding hydrogens is 445 g/mol. The Kier molecular flexibility index (Phi) is 3.85. The fourth-order valence-corrected chi connectivity index (χ4v) is 5.93. The van der Waals surface area contributed by atoms with E-state index in [9.17, 15) is 0 Å². The molecule has 0 unspecified atom stereocenters. The highest BCUT2D eigenvalue weighted by Crippen LogP contribution is 2.43. The maximum Gasteiger partial charge on any atom is 0.260 e. The number of para-hydroxylation sites is 1. The van der Waals surface area contributed by atoms with E-state index in [-0.39, 0.29) is 6.71 Å². The smallest absolute Gasteiger partial charge is 0.260 e. The number of pyridine rings is 1. The number of ether oxygens (including phenoxy) is 2. The largest absolute Gasteiger partial charge is 0.458 e. The average molecular weight is 466 g/mol. The Morgan fingerprint density at radius 3 is 2.31 bits per heavy atom. The minimum atomic E-state index is 0.0237. The molecule has 0 bridgehead atoms. The normalized spacial score (nSPS) is 13.1. The Bertz CT molecular complexity index is 1890. The predicted molar refractivity (Wildman–Crippen MR) is 143 cm³/mol. The van der Waals surface area contributed by atoms with Crippen LogP contribution in [0.5, 0.6) is 23.0 Å². The molecule has 0 radical (unpaired) electrons. The van der Waals surface area contributed by atoms with E-state index in [2.05, 4.69) is 73.3 Å². The summed E-state index contributed by atoms with van der Waals surface area (Å²) in [5.41, 5.74) is 8.38. The highest BCUT2D eigenvalue weighted by atomic mass is 16.5. The summed E-state index contributed by atoms with van der Waals surface area (Å²) in [6.07, 6.45) is 2.07. The average Bonchev–Trinajstić information content (AvgIpc) is 3.28. The fraction of sp³-hybridized carbons (Fsp3) is 0.0645. The van der Waals surface area contributed by atoms with Gasteiger partial charge in [-0.25, -0.2) is 4.57 Å². The Morgan fingerprint density at radius 1 is 0.667 bits per heavy atom. The number of furan rings is 1. The van der Waals surface area contributed by atoms with E-state index >= 15 is 0 Å². The van der Waals surface area contributed by atoms with Crippen molar-refractivity contribution in [2.75, 3.05) is 0 Å². The molecule has 4 nitrogen and oxygen atoms in total. The highest BCUT2D eigenvalue weighted by molar-refractivity contribution is 6.98. The molecule has 0 N–H and O–H groups in total. The fourth-order valence-electron chi connectivity index (χ4n) is 5.93. The van der Waals surface area contributed by atoms with Gasteiger partial charge in [0.15, 0.2) is 17.5 Å². The lowest BCUT2D eigenvalue weighted by Crippen LogP contribution is -2.57. The number of aromatic nitrogens is 1. The van der Waals surface area contributed by atoms with Crippen molar-refractivity contribution in [1.82, 2.24) is 0 Å². The van der Waals surface area contributed by atoms with Crippen molar-refractivity contribution in [3.8, 4) is 34.3 Å². The summed E-state index contributed by atoms with van der Waals surface area (Å²) in [5.74, 6) is 3.34. The van der Waals surface area contributed by atoms with Crippen LogP contribution >= 0.6 is 0 Å². The number of aryl methyl sites for hydroxylation is 2. The van der Waals surface area contributed by atoms with Gasteiger partial charge in [0.05, 0.1) is 5.56 Å². The second-order valence-electron chi connectivity index (χ2n) is 9.64. The Labute approximate surface area is 208 Å². The molecule has 0 atom stereocenters. The van der Waals surface area contributed by atoms with Crippen molar-refractivity contribution < 1.29 is 18.5 Å². The molecule has 2 aliphatic rings. The zero-order chi connectivity index (χ0) is 24.0. The first kappa shape index (κ1) is 19.8. The molecule has 4 heterocycles. The van der Waals surface area contributed by atoms with E-state index in [1.54, 1.807) is 0 Å². The van der Waals surface area contributed by atoms with Crippen LogP contribution in [-0.4, -0.2) is 6.71 Å². The van der Waals surface area contributed by atoms with Crippen LogP contribution < -0.4 is 30.4 Å². The number of rotatable bonds is 1. The van der Waals surface area contributed by atoms with Crippen molar-refractivity contribution >= 4 is 45.0 Å². The van der Waals surface area contributed by atoms with Crippen LogP contribution in [0.15, 0.2) is 95.5 Å². The number of hydrogen-bond donors (Lipinski definition) is 0. The number of fused-ring (bicyclic) bond motifs is 8. The molecule has 0 saturated carbocycles. The van der Waals surface area contributed by atoms with Gasteiger partial charge >= 0.3 is 0 Å². The van der Waals surface area contributed by atoms with E-state index < -0.39 is 0 Å². The monoisotopic (exact) mass is 466 g/mol.